The Balaban J connectivity index is 1.83. The molecule has 1 aliphatic carbocycles. The molecule has 0 radical (unpaired) electrons. The molecule has 21 heavy (non-hydrogen) atoms. The van der Waals surface area contributed by atoms with Crippen molar-refractivity contribution < 1.29 is 4.79 Å². The van der Waals surface area contributed by atoms with E-state index in [1.165, 1.54) is 11.4 Å². The third kappa shape index (κ3) is 2.83. The Morgan fingerprint density at radius 3 is 2.62 bits per heavy atom. The van der Waals surface area contributed by atoms with Gasteiger partial charge in [0.05, 0.1) is 11.4 Å². The molecule has 0 saturated heterocycles. The molecule has 2 aliphatic rings. The van der Waals surface area contributed by atoms with Crippen LogP contribution >= 0.6 is 0 Å². The lowest BCUT2D eigenvalue weighted by Crippen LogP contribution is -2.61. The Morgan fingerprint density at radius 2 is 2.00 bits per heavy atom. The monoisotopic (exact) mass is 288 g/mol. The number of anilines is 2. The number of para-hydroxylation sites is 2. The van der Waals surface area contributed by atoms with Crippen molar-refractivity contribution in [3.05, 3.63) is 24.3 Å². The van der Waals surface area contributed by atoms with Crippen molar-refractivity contribution in [3.8, 4) is 0 Å². The molecule has 1 heterocycles. The van der Waals surface area contributed by atoms with Gasteiger partial charge in [0.1, 0.15) is 5.54 Å². The summed E-state index contributed by atoms with van der Waals surface area (Å²) in [5, 5.41) is 3.43. The molecule has 1 saturated carbocycles. The Hall–Kier alpha value is -1.75. The number of primary amides is 1. The largest absolute Gasteiger partial charge is 0.371 e. The predicted molar refractivity (Wildman–Crippen MR) is 85.7 cm³/mol. The molecule has 1 aromatic rings. The van der Waals surface area contributed by atoms with Gasteiger partial charge in [0.15, 0.2) is 0 Å². The highest BCUT2D eigenvalue weighted by Crippen LogP contribution is 2.33. The molecule has 1 aliphatic heterocycles. The minimum absolute atomic E-state index is 0.272. The normalized spacial score (nSPS) is 20.9. The minimum atomic E-state index is -0.676. The van der Waals surface area contributed by atoms with Gasteiger partial charge in [-0.1, -0.05) is 12.1 Å². The summed E-state index contributed by atoms with van der Waals surface area (Å²) in [5.74, 6) is -0.272. The van der Waals surface area contributed by atoms with Crippen LogP contribution in [-0.4, -0.2) is 44.2 Å². The van der Waals surface area contributed by atoms with Crippen molar-refractivity contribution in [1.29, 1.82) is 0 Å². The standard InChI is InChI=1S/C16H24N4O/c1-16(15(17)21,18-12-7-8-12)11-20-10-9-19(2)13-5-3-4-6-14(13)20/h3-6,12,18H,7-11H2,1-2H3,(H2,17,21). The SMILES string of the molecule is CN1CCN(CC(C)(NC2CC2)C(N)=O)c2ccccc21. The maximum absolute atomic E-state index is 12.0. The number of fused-ring (bicyclic) bond motifs is 1. The van der Waals surface area contributed by atoms with Gasteiger partial charge in [0.2, 0.25) is 5.91 Å². The van der Waals surface area contributed by atoms with Gasteiger partial charge in [-0.05, 0) is 31.9 Å². The average molecular weight is 288 g/mol. The third-order valence-corrected chi connectivity index (χ3v) is 4.49. The smallest absolute Gasteiger partial charge is 0.239 e. The Labute approximate surface area is 126 Å². The van der Waals surface area contributed by atoms with E-state index >= 15 is 0 Å². The van der Waals surface area contributed by atoms with Crippen molar-refractivity contribution in [2.45, 2.75) is 31.3 Å². The first kappa shape index (κ1) is 14.2. The van der Waals surface area contributed by atoms with Gasteiger partial charge in [-0.2, -0.15) is 0 Å². The number of rotatable bonds is 5. The van der Waals surface area contributed by atoms with Crippen LogP contribution in [0.3, 0.4) is 0 Å². The second-order valence-electron chi connectivity index (χ2n) is 6.45. The van der Waals surface area contributed by atoms with E-state index in [2.05, 4.69) is 40.4 Å². The highest BCUT2D eigenvalue weighted by atomic mass is 16.1. The van der Waals surface area contributed by atoms with E-state index in [0.717, 1.165) is 25.9 Å². The number of likely N-dealkylation sites (N-methyl/N-ethyl adjacent to an activating group) is 1. The predicted octanol–water partition coefficient (Wildman–Crippen LogP) is 0.939. The highest BCUT2D eigenvalue weighted by molar-refractivity contribution is 5.86. The average Bonchev–Trinajstić information content (AvgIpc) is 3.26. The number of hydrogen-bond acceptors (Lipinski definition) is 4. The first-order chi connectivity index (χ1) is 9.99. The van der Waals surface area contributed by atoms with Crippen LogP contribution in [0.2, 0.25) is 0 Å². The summed E-state index contributed by atoms with van der Waals surface area (Å²) in [7, 11) is 2.10. The highest BCUT2D eigenvalue weighted by Gasteiger charge is 2.39. The molecule has 5 nitrogen and oxygen atoms in total. The summed E-state index contributed by atoms with van der Waals surface area (Å²) in [6.45, 7) is 4.40. The van der Waals surface area contributed by atoms with Gasteiger partial charge >= 0.3 is 0 Å². The second-order valence-corrected chi connectivity index (χ2v) is 6.45. The van der Waals surface area contributed by atoms with Crippen LogP contribution in [0.1, 0.15) is 19.8 Å². The number of hydrogen-bond donors (Lipinski definition) is 2. The van der Waals surface area contributed by atoms with E-state index in [4.69, 9.17) is 5.73 Å². The molecule has 1 atom stereocenters. The molecule has 1 amide bonds. The molecule has 0 bridgehead atoms. The molecule has 0 aromatic heterocycles. The third-order valence-electron chi connectivity index (χ3n) is 4.49. The van der Waals surface area contributed by atoms with Crippen molar-refractivity contribution in [2.24, 2.45) is 5.73 Å². The van der Waals surface area contributed by atoms with E-state index in [1.54, 1.807) is 0 Å². The molecule has 0 spiro atoms. The number of amides is 1. The van der Waals surface area contributed by atoms with E-state index in [1.807, 2.05) is 13.0 Å². The first-order valence-electron chi connectivity index (χ1n) is 7.62. The van der Waals surface area contributed by atoms with Crippen molar-refractivity contribution >= 4 is 17.3 Å². The van der Waals surface area contributed by atoms with E-state index in [9.17, 15) is 4.79 Å². The topological polar surface area (TPSA) is 61.6 Å². The van der Waals surface area contributed by atoms with Crippen LogP contribution in [0, 0.1) is 0 Å². The van der Waals surface area contributed by atoms with Crippen molar-refractivity contribution in [3.63, 3.8) is 0 Å². The van der Waals surface area contributed by atoms with Gasteiger partial charge in [-0.3, -0.25) is 10.1 Å². The lowest BCUT2D eigenvalue weighted by molar-refractivity contribution is -0.123. The fourth-order valence-electron chi connectivity index (χ4n) is 2.98. The zero-order valence-corrected chi connectivity index (χ0v) is 12.8. The van der Waals surface area contributed by atoms with Crippen LogP contribution in [-0.2, 0) is 4.79 Å². The van der Waals surface area contributed by atoms with Crippen LogP contribution in [0.5, 0.6) is 0 Å². The Kier molecular flexibility index (Phi) is 3.53. The molecule has 1 fully saturated rings. The number of carbonyl (C=O) groups is 1. The van der Waals surface area contributed by atoms with Crippen LogP contribution < -0.4 is 20.9 Å². The van der Waals surface area contributed by atoms with E-state index in [-0.39, 0.29) is 5.91 Å². The number of carbonyl (C=O) groups excluding carboxylic acids is 1. The summed E-state index contributed by atoms with van der Waals surface area (Å²) in [5.41, 5.74) is 7.38. The molecule has 3 N–H and O–H groups in total. The fourth-order valence-corrected chi connectivity index (χ4v) is 2.98. The van der Waals surface area contributed by atoms with Gasteiger partial charge in [-0.15, -0.1) is 0 Å². The summed E-state index contributed by atoms with van der Waals surface area (Å²) < 4.78 is 0. The van der Waals surface area contributed by atoms with Gasteiger partial charge in [0, 0.05) is 32.7 Å². The lowest BCUT2D eigenvalue weighted by Gasteiger charge is -2.41. The summed E-state index contributed by atoms with van der Waals surface area (Å²) >= 11 is 0. The summed E-state index contributed by atoms with van der Waals surface area (Å²) in [6.07, 6.45) is 2.28. The zero-order chi connectivity index (χ0) is 15.0. The quantitative estimate of drug-likeness (QED) is 0.846. The van der Waals surface area contributed by atoms with Crippen LogP contribution in [0.25, 0.3) is 0 Å². The molecule has 1 unspecified atom stereocenters. The number of benzene rings is 1. The number of nitrogens with one attached hydrogen (secondary N) is 1. The molecule has 3 rings (SSSR count). The maximum Gasteiger partial charge on any atom is 0.239 e. The second kappa shape index (κ2) is 5.22. The fraction of sp³-hybridized carbons (Fsp3) is 0.562. The van der Waals surface area contributed by atoms with E-state index in [0.29, 0.717) is 12.6 Å². The molecule has 1 aromatic carbocycles. The number of nitrogens with zero attached hydrogens (tertiary/aromatic N) is 2. The van der Waals surface area contributed by atoms with Crippen LogP contribution in [0.15, 0.2) is 24.3 Å². The minimum Gasteiger partial charge on any atom is -0.371 e. The summed E-state index contributed by atoms with van der Waals surface area (Å²) in [6, 6.07) is 8.78. The van der Waals surface area contributed by atoms with Crippen molar-refractivity contribution in [1.82, 2.24) is 5.32 Å². The zero-order valence-electron chi connectivity index (χ0n) is 12.8. The van der Waals surface area contributed by atoms with Crippen LogP contribution in [0.4, 0.5) is 11.4 Å². The molecular weight excluding hydrogens is 264 g/mol. The molecular formula is C16H24N4O. The molecule has 5 heteroatoms. The summed E-state index contributed by atoms with van der Waals surface area (Å²) in [4.78, 5) is 16.5. The van der Waals surface area contributed by atoms with Gasteiger partial charge in [-0.25, -0.2) is 0 Å². The maximum atomic E-state index is 12.0. The Bertz CT molecular complexity index is 543. The number of nitrogens with two attached hydrogens (primary N) is 1. The Morgan fingerprint density at radius 1 is 1.33 bits per heavy atom. The van der Waals surface area contributed by atoms with Gasteiger partial charge in [0.25, 0.3) is 0 Å². The molecule has 114 valence electrons. The lowest BCUT2D eigenvalue weighted by atomic mass is 9.99. The van der Waals surface area contributed by atoms with Gasteiger partial charge < -0.3 is 15.5 Å². The van der Waals surface area contributed by atoms with E-state index < -0.39 is 5.54 Å². The van der Waals surface area contributed by atoms with Crippen molar-refractivity contribution in [2.75, 3.05) is 36.5 Å². The first-order valence-corrected chi connectivity index (χ1v) is 7.62.